The van der Waals surface area contributed by atoms with Crippen LogP contribution in [0.5, 0.6) is 0 Å². The third-order valence-electron chi connectivity index (χ3n) is 2.77. The van der Waals surface area contributed by atoms with E-state index in [9.17, 15) is 0 Å². The Balaban J connectivity index is 1.95. The lowest BCUT2D eigenvalue weighted by atomic mass is 10.2. The second kappa shape index (κ2) is 3.42. The van der Waals surface area contributed by atoms with Gasteiger partial charge in [0.05, 0.1) is 4.88 Å². The van der Waals surface area contributed by atoms with Crippen LogP contribution in [0.15, 0.2) is 48.1 Å². The Kier molecular flexibility index (Phi) is 1.89. The van der Waals surface area contributed by atoms with Crippen LogP contribution in [0, 0.1) is 0 Å². The Bertz CT molecular complexity index is 745. The second-order valence-electron chi connectivity index (χ2n) is 3.87. The Labute approximate surface area is 106 Å². The Morgan fingerprint density at radius 3 is 3.00 bits per heavy atom. The summed E-state index contributed by atoms with van der Waals surface area (Å²) in [4.78, 5) is 6.92. The molecule has 0 N–H and O–H groups in total. The van der Waals surface area contributed by atoms with E-state index in [4.69, 9.17) is 0 Å². The molecule has 1 aromatic carbocycles. The summed E-state index contributed by atoms with van der Waals surface area (Å²) in [5, 5.41) is 3.35. The van der Waals surface area contributed by atoms with Gasteiger partial charge in [0, 0.05) is 22.5 Å². The lowest BCUT2D eigenvalue weighted by Gasteiger charge is -1.85. The van der Waals surface area contributed by atoms with Crippen LogP contribution in [-0.4, -0.2) is 9.38 Å². The van der Waals surface area contributed by atoms with Crippen molar-refractivity contribution < 1.29 is 0 Å². The highest BCUT2D eigenvalue weighted by Gasteiger charge is 2.08. The molecule has 4 aromatic rings. The summed E-state index contributed by atoms with van der Waals surface area (Å²) in [7, 11) is 0. The molecule has 4 heteroatoms. The molecule has 0 saturated heterocycles. The van der Waals surface area contributed by atoms with E-state index in [2.05, 4.69) is 51.3 Å². The van der Waals surface area contributed by atoms with Crippen molar-refractivity contribution in [3.05, 3.63) is 48.1 Å². The minimum Gasteiger partial charge on any atom is -0.297 e. The van der Waals surface area contributed by atoms with Crippen molar-refractivity contribution in [1.82, 2.24) is 9.38 Å². The second-order valence-corrected chi connectivity index (χ2v) is 5.82. The fraction of sp³-hybridized carbons (Fsp3) is 0. The number of hydrogen-bond acceptors (Lipinski definition) is 3. The molecule has 0 fully saturated rings. The number of thiazole rings is 1. The lowest BCUT2D eigenvalue weighted by Crippen LogP contribution is -1.68. The van der Waals surface area contributed by atoms with Crippen LogP contribution in [0.1, 0.15) is 0 Å². The molecule has 0 spiro atoms. The van der Waals surface area contributed by atoms with Crippen molar-refractivity contribution in [2.24, 2.45) is 0 Å². The normalized spacial score (nSPS) is 11.5. The highest BCUT2D eigenvalue weighted by atomic mass is 32.1. The van der Waals surface area contributed by atoms with Crippen molar-refractivity contribution in [3.8, 4) is 10.6 Å². The highest BCUT2D eigenvalue weighted by Crippen LogP contribution is 2.33. The molecular weight excluding hydrogens is 248 g/mol. The molecule has 17 heavy (non-hydrogen) atoms. The number of benzene rings is 1. The van der Waals surface area contributed by atoms with Crippen LogP contribution >= 0.6 is 22.7 Å². The summed E-state index contributed by atoms with van der Waals surface area (Å²) in [5.74, 6) is 0. The van der Waals surface area contributed by atoms with Gasteiger partial charge in [-0.25, -0.2) is 4.98 Å². The van der Waals surface area contributed by atoms with Gasteiger partial charge in [-0.05, 0) is 17.5 Å². The molecule has 3 aromatic heterocycles. The van der Waals surface area contributed by atoms with Gasteiger partial charge < -0.3 is 0 Å². The van der Waals surface area contributed by atoms with Gasteiger partial charge in [-0.15, -0.1) is 22.7 Å². The molecule has 0 aliphatic rings. The van der Waals surface area contributed by atoms with Gasteiger partial charge in [-0.2, -0.15) is 0 Å². The molecule has 82 valence electrons. The zero-order chi connectivity index (χ0) is 11.2. The molecule has 3 heterocycles. The topological polar surface area (TPSA) is 17.3 Å². The Morgan fingerprint density at radius 2 is 2.12 bits per heavy atom. The predicted octanol–water partition coefficient (Wildman–Crippen LogP) is 4.28. The number of rotatable bonds is 1. The average Bonchev–Trinajstić information content (AvgIpc) is 3.01. The zero-order valence-corrected chi connectivity index (χ0v) is 10.5. The maximum atomic E-state index is 4.63. The smallest absolute Gasteiger partial charge is 0.194 e. The van der Waals surface area contributed by atoms with Gasteiger partial charge in [0.2, 0.25) is 0 Å². The zero-order valence-electron chi connectivity index (χ0n) is 8.83. The van der Waals surface area contributed by atoms with Crippen LogP contribution in [0.3, 0.4) is 0 Å². The minimum absolute atomic E-state index is 1.05. The van der Waals surface area contributed by atoms with Crippen molar-refractivity contribution in [2.45, 2.75) is 0 Å². The first-order valence-corrected chi connectivity index (χ1v) is 7.01. The molecular formula is C13H8N2S2. The first-order valence-electron chi connectivity index (χ1n) is 5.31. The third-order valence-corrected chi connectivity index (χ3v) is 4.68. The van der Waals surface area contributed by atoms with Crippen molar-refractivity contribution in [3.63, 3.8) is 0 Å². The molecule has 2 nitrogen and oxygen atoms in total. The summed E-state index contributed by atoms with van der Waals surface area (Å²) >= 11 is 3.46. The Hall–Kier alpha value is -1.65. The molecule has 0 atom stereocenters. The number of imidazole rings is 1. The summed E-state index contributed by atoms with van der Waals surface area (Å²) < 4.78 is 3.39. The largest absolute Gasteiger partial charge is 0.297 e. The van der Waals surface area contributed by atoms with Gasteiger partial charge >= 0.3 is 0 Å². The number of hydrogen-bond donors (Lipinski definition) is 0. The third kappa shape index (κ3) is 1.41. The number of aromatic nitrogens is 2. The van der Waals surface area contributed by atoms with Gasteiger partial charge in [0.15, 0.2) is 4.96 Å². The van der Waals surface area contributed by atoms with Crippen LogP contribution in [0.4, 0.5) is 0 Å². The molecule has 0 aliphatic heterocycles. The maximum Gasteiger partial charge on any atom is 0.194 e. The van der Waals surface area contributed by atoms with E-state index >= 15 is 0 Å². The van der Waals surface area contributed by atoms with E-state index < -0.39 is 0 Å². The fourth-order valence-electron chi connectivity index (χ4n) is 1.95. The molecule has 0 saturated carbocycles. The number of fused-ring (bicyclic) bond motifs is 2. The van der Waals surface area contributed by atoms with Crippen LogP contribution in [-0.2, 0) is 0 Å². The van der Waals surface area contributed by atoms with Crippen LogP contribution in [0.2, 0.25) is 0 Å². The summed E-state index contributed by atoms with van der Waals surface area (Å²) in [6, 6.07) is 10.7. The van der Waals surface area contributed by atoms with Crippen molar-refractivity contribution in [1.29, 1.82) is 0 Å². The van der Waals surface area contributed by atoms with Gasteiger partial charge in [0.1, 0.15) is 5.69 Å². The fourth-order valence-corrected chi connectivity index (χ4v) is 3.67. The monoisotopic (exact) mass is 256 g/mol. The SMILES string of the molecule is c1ccc2sc(-c3cn4ccsc4n3)cc2c1. The molecule has 4 rings (SSSR count). The van der Waals surface area contributed by atoms with Crippen molar-refractivity contribution in [2.75, 3.05) is 0 Å². The molecule has 0 radical (unpaired) electrons. The van der Waals surface area contributed by atoms with E-state index in [-0.39, 0.29) is 0 Å². The number of nitrogens with zero attached hydrogens (tertiary/aromatic N) is 2. The van der Waals surface area contributed by atoms with Gasteiger partial charge in [-0.1, -0.05) is 18.2 Å². The lowest BCUT2D eigenvalue weighted by molar-refractivity contribution is 1.23. The Morgan fingerprint density at radius 1 is 1.18 bits per heavy atom. The van der Waals surface area contributed by atoms with Gasteiger partial charge in [0.25, 0.3) is 0 Å². The van der Waals surface area contributed by atoms with E-state index in [1.807, 2.05) is 6.20 Å². The first-order chi connectivity index (χ1) is 8.40. The average molecular weight is 256 g/mol. The molecule has 0 bridgehead atoms. The molecule has 0 unspecified atom stereocenters. The minimum atomic E-state index is 1.05. The number of thiophene rings is 1. The summed E-state index contributed by atoms with van der Waals surface area (Å²) in [6.45, 7) is 0. The summed E-state index contributed by atoms with van der Waals surface area (Å²) in [6.07, 6.45) is 4.14. The van der Waals surface area contributed by atoms with E-state index in [1.165, 1.54) is 15.0 Å². The van der Waals surface area contributed by atoms with Crippen LogP contribution < -0.4 is 0 Å². The first kappa shape index (κ1) is 9.39. The van der Waals surface area contributed by atoms with E-state index in [1.54, 1.807) is 22.7 Å². The predicted molar refractivity (Wildman–Crippen MR) is 73.9 cm³/mol. The molecule has 0 aliphatic carbocycles. The highest BCUT2D eigenvalue weighted by molar-refractivity contribution is 7.22. The standard InChI is InChI=1S/C13H8N2S2/c1-2-4-11-9(3-1)7-12(17-11)10-8-15-5-6-16-13(15)14-10/h1-8H. The van der Waals surface area contributed by atoms with Gasteiger partial charge in [-0.3, -0.25) is 4.40 Å². The van der Waals surface area contributed by atoms with E-state index in [0.29, 0.717) is 0 Å². The van der Waals surface area contributed by atoms with Crippen molar-refractivity contribution >= 4 is 37.7 Å². The maximum absolute atomic E-state index is 4.63. The summed E-state index contributed by atoms with van der Waals surface area (Å²) in [5.41, 5.74) is 1.07. The van der Waals surface area contributed by atoms with E-state index in [0.717, 1.165) is 10.7 Å². The molecule has 0 amide bonds. The quantitative estimate of drug-likeness (QED) is 0.497. The van der Waals surface area contributed by atoms with Crippen LogP contribution in [0.25, 0.3) is 25.6 Å².